The topological polar surface area (TPSA) is 373 Å². The van der Waals surface area contributed by atoms with E-state index in [9.17, 15) is 57.5 Å². The van der Waals surface area contributed by atoms with Gasteiger partial charge in [0.15, 0.2) is 0 Å². The van der Waals surface area contributed by atoms with Crippen molar-refractivity contribution in [3.63, 3.8) is 0 Å². The molecule has 0 saturated carbocycles. The Hall–Kier alpha value is -6.40. The van der Waals surface area contributed by atoms with Crippen LogP contribution in [0.2, 0.25) is 0 Å². The SMILES string of the molecule is CC(=O)NCC(=O)N(CC(=O)O)CC(=O)NCC(=O)NC(=O)N(CC(=O)O)CC(=O)NCNC(=O)CN(CC(=O)O)C(=O)CNC(=O)CN. The van der Waals surface area contributed by atoms with E-state index in [0.29, 0.717) is 14.7 Å². The molecule has 0 spiro atoms. The molecule has 0 aromatic heterocycles. The fourth-order valence-electron chi connectivity index (χ4n) is 3.17. The highest BCUT2D eigenvalue weighted by Crippen LogP contribution is 1.94. The lowest BCUT2D eigenvalue weighted by Crippen LogP contribution is -2.52. The zero-order valence-electron chi connectivity index (χ0n) is 25.9. The Bertz CT molecular complexity index is 1320. The molecule has 0 aromatic carbocycles. The van der Waals surface area contributed by atoms with E-state index in [1.807, 2.05) is 5.32 Å². The van der Waals surface area contributed by atoms with Crippen LogP contribution in [0, 0.1) is 0 Å². The molecule has 0 fully saturated rings. The average molecular weight is 705 g/mol. The van der Waals surface area contributed by atoms with Gasteiger partial charge in [0.25, 0.3) is 0 Å². The quantitative estimate of drug-likeness (QED) is 0.0496. The Morgan fingerprint density at radius 1 is 0.490 bits per heavy atom. The molecule has 0 aliphatic rings. The van der Waals surface area contributed by atoms with Gasteiger partial charge in [-0.2, -0.15) is 0 Å². The largest absolute Gasteiger partial charge is 0.480 e. The summed E-state index contributed by atoms with van der Waals surface area (Å²) in [7, 11) is 0. The molecule has 49 heavy (non-hydrogen) atoms. The predicted molar refractivity (Wildman–Crippen MR) is 156 cm³/mol. The summed E-state index contributed by atoms with van der Waals surface area (Å²) < 4.78 is 0. The van der Waals surface area contributed by atoms with Gasteiger partial charge in [0, 0.05) is 6.92 Å². The maximum Gasteiger partial charge on any atom is 0.325 e. The molecule has 25 heteroatoms. The van der Waals surface area contributed by atoms with Crippen LogP contribution >= 0.6 is 0 Å². The maximum atomic E-state index is 12.5. The predicted octanol–water partition coefficient (Wildman–Crippen LogP) is -8.05. The fourth-order valence-corrected chi connectivity index (χ4v) is 3.17. The molecule has 0 unspecified atom stereocenters. The number of nitrogens with one attached hydrogen (secondary N) is 6. The number of hydrogen-bond donors (Lipinski definition) is 10. The van der Waals surface area contributed by atoms with Gasteiger partial charge >= 0.3 is 23.9 Å². The molecule has 0 aromatic rings. The van der Waals surface area contributed by atoms with Gasteiger partial charge in [-0.05, 0) is 0 Å². The van der Waals surface area contributed by atoms with Gasteiger partial charge < -0.3 is 62.3 Å². The van der Waals surface area contributed by atoms with E-state index in [1.165, 1.54) is 0 Å². The zero-order chi connectivity index (χ0) is 37.7. The van der Waals surface area contributed by atoms with Gasteiger partial charge in [0.1, 0.15) is 39.3 Å². The second kappa shape index (κ2) is 22.2. The van der Waals surface area contributed by atoms with Gasteiger partial charge in [-0.15, -0.1) is 0 Å². The van der Waals surface area contributed by atoms with Gasteiger partial charge in [-0.3, -0.25) is 58.1 Å². The van der Waals surface area contributed by atoms with Gasteiger partial charge in [0.05, 0.1) is 32.8 Å². The number of nitrogens with zero attached hydrogens (tertiary/aromatic N) is 3. The van der Waals surface area contributed by atoms with Crippen molar-refractivity contribution in [3.8, 4) is 0 Å². The van der Waals surface area contributed by atoms with Crippen molar-refractivity contribution in [3.05, 3.63) is 0 Å². The Morgan fingerprint density at radius 3 is 1.31 bits per heavy atom. The fraction of sp³-hybridized carbons (Fsp3) is 0.500. The van der Waals surface area contributed by atoms with E-state index in [-0.39, 0.29) is 0 Å². The highest BCUT2D eigenvalue weighted by atomic mass is 16.4. The molecular weight excluding hydrogens is 668 g/mol. The molecule has 10 amide bonds. The van der Waals surface area contributed by atoms with E-state index in [0.717, 1.165) is 6.92 Å². The number of nitrogens with two attached hydrogens (primary N) is 1. The standard InChI is InChI=1S/C24H36N10O15/c1-13(35)26-4-19(41)32(9-21(43)44)6-16(38)27-3-15(37)31-24(49)34(11-23(47)48)8-18(40)30-12-29-17(39)7-33(10-22(45)46)20(42)5-28-14(36)2-25/h2-12,25H2,1H3,(H,26,35)(H,27,38)(H,28,36)(H,29,39)(H,30,40)(H,43,44)(H,45,46)(H,47,48)(H,31,37,49). The van der Waals surface area contributed by atoms with E-state index in [2.05, 4.69) is 21.3 Å². The average Bonchev–Trinajstić information content (AvgIpc) is 2.99. The van der Waals surface area contributed by atoms with Crippen molar-refractivity contribution < 1.29 is 72.9 Å². The first-order chi connectivity index (χ1) is 22.8. The summed E-state index contributed by atoms with van der Waals surface area (Å²) in [5.41, 5.74) is 5.09. The molecule has 0 radical (unpaired) electrons. The number of urea groups is 1. The number of carbonyl (C=O) groups is 12. The van der Waals surface area contributed by atoms with Gasteiger partial charge in [-0.1, -0.05) is 0 Å². The number of carboxylic acid groups (broad SMARTS) is 3. The van der Waals surface area contributed by atoms with Crippen LogP contribution in [0.4, 0.5) is 4.79 Å². The molecule has 272 valence electrons. The Labute approximate surface area is 275 Å². The maximum absolute atomic E-state index is 12.5. The van der Waals surface area contributed by atoms with Crippen molar-refractivity contribution in [2.75, 3.05) is 72.1 Å². The van der Waals surface area contributed by atoms with Crippen molar-refractivity contribution in [2.24, 2.45) is 5.73 Å². The zero-order valence-corrected chi connectivity index (χ0v) is 25.9. The normalized spacial score (nSPS) is 9.92. The van der Waals surface area contributed by atoms with Crippen molar-refractivity contribution in [2.45, 2.75) is 6.92 Å². The first-order valence-corrected chi connectivity index (χ1v) is 13.7. The number of imide groups is 1. The molecule has 0 saturated heterocycles. The first-order valence-electron chi connectivity index (χ1n) is 13.7. The lowest BCUT2D eigenvalue weighted by molar-refractivity contribution is -0.146. The summed E-state index contributed by atoms with van der Waals surface area (Å²) in [5.74, 6) is -12.0. The lowest BCUT2D eigenvalue weighted by Gasteiger charge is -2.22. The number of carbonyl (C=O) groups excluding carboxylic acids is 9. The van der Waals surface area contributed by atoms with Crippen molar-refractivity contribution in [1.82, 2.24) is 46.6 Å². The summed E-state index contributed by atoms with van der Waals surface area (Å²) in [6, 6.07) is -1.40. The van der Waals surface area contributed by atoms with Crippen LogP contribution in [-0.2, 0) is 52.7 Å². The third-order valence-corrected chi connectivity index (χ3v) is 5.35. The number of carboxylic acids is 3. The molecule has 11 N–H and O–H groups in total. The monoisotopic (exact) mass is 704 g/mol. The van der Waals surface area contributed by atoms with Crippen LogP contribution in [0.1, 0.15) is 6.92 Å². The van der Waals surface area contributed by atoms with Crippen molar-refractivity contribution in [1.29, 1.82) is 0 Å². The number of rotatable bonds is 21. The Morgan fingerprint density at radius 2 is 0.878 bits per heavy atom. The summed E-state index contributed by atoms with van der Waals surface area (Å²) in [6.45, 7) is -7.75. The van der Waals surface area contributed by atoms with E-state index < -0.39 is 143 Å². The third kappa shape index (κ3) is 20.4. The van der Waals surface area contributed by atoms with E-state index in [1.54, 1.807) is 5.32 Å². The second-order valence-electron chi connectivity index (χ2n) is 9.43. The van der Waals surface area contributed by atoms with E-state index in [4.69, 9.17) is 21.1 Å². The summed E-state index contributed by atoms with van der Waals surface area (Å²) in [6.07, 6.45) is 0. The summed E-state index contributed by atoms with van der Waals surface area (Å²) >= 11 is 0. The molecule has 25 nitrogen and oxygen atoms in total. The highest BCUT2D eigenvalue weighted by molar-refractivity contribution is 5.99. The van der Waals surface area contributed by atoms with Gasteiger partial charge in [-0.25, -0.2) is 4.79 Å². The summed E-state index contributed by atoms with van der Waals surface area (Å²) in [5, 5.41) is 39.2. The van der Waals surface area contributed by atoms with Crippen LogP contribution in [0.25, 0.3) is 0 Å². The molecule has 0 rings (SSSR count). The summed E-state index contributed by atoms with van der Waals surface area (Å²) in [4.78, 5) is 142. The number of amides is 10. The van der Waals surface area contributed by atoms with Crippen LogP contribution in [0.15, 0.2) is 0 Å². The van der Waals surface area contributed by atoms with Crippen LogP contribution in [0.3, 0.4) is 0 Å². The molecule has 0 aliphatic heterocycles. The minimum Gasteiger partial charge on any atom is -0.480 e. The molecule has 0 heterocycles. The van der Waals surface area contributed by atoms with E-state index >= 15 is 0 Å². The minimum absolute atomic E-state index is 0.359. The minimum atomic E-state index is -1.61. The third-order valence-electron chi connectivity index (χ3n) is 5.35. The Balaban J connectivity index is 5.01. The van der Waals surface area contributed by atoms with Gasteiger partial charge in [0.2, 0.25) is 47.3 Å². The molecule has 0 atom stereocenters. The smallest absolute Gasteiger partial charge is 0.325 e. The van der Waals surface area contributed by atoms with Crippen molar-refractivity contribution >= 4 is 71.2 Å². The van der Waals surface area contributed by atoms with Crippen LogP contribution in [-0.4, -0.2) is 173 Å². The van der Waals surface area contributed by atoms with Crippen LogP contribution < -0.4 is 37.6 Å². The number of hydrogen-bond acceptors (Lipinski definition) is 13. The molecular formula is C24H36N10O15. The second-order valence-corrected chi connectivity index (χ2v) is 9.43. The molecule has 0 bridgehead atoms. The highest BCUT2D eigenvalue weighted by Gasteiger charge is 2.24. The number of aliphatic carboxylic acids is 3. The Kier molecular flexibility index (Phi) is 19.3. The molecule has 0 aliphatic carbocycles. The first kappa shape index (κ1) is 42.6. The van der Waals surface area contributed by atoms with Crippen LogP contribution in [0.5, 0.6) is 0 Å². The lowest BCUT2D eigenvalue weighted by atomic mass is 10.4.